The maximum Gasteiger partial charge on any atom is 0.337 e. The first-order valence-electron chi connectivity index (χ1n) is 3.95. The lowest BCUT2D eigenvalue weighted by molar-refractivity contribution is 0.0696. The molecule has 0 aromatic carbocycles. The molecule has 0 saturated carbocycles. The van der Waals surface area contributed by atoms with E-state index in [1.54, 1.807) is 24.7 Å². The second-order valence-electron chi connectivity index (χ2n) is 2.75. The molecule has 2 aromatic heterocycles. The Morgan fingerprint density at radius 2 is 2.14 bits per heavy atom. The minimum absolute atomic E-state index is 0.170. The monoisotopic (exact) mass is 189 g/mol. The van der Waals surface area contributed by atoms with Crippen molar-refractivity contribution < 1.29 is 9.90 Å². The van der Waals surface area contributed by atoms with Crippen LogP contribution in [-0.2, 0) is 0 Å². The van der Waals surface area contributed by atoms with Crippen molar-refractivity contribution >= 4 is 5.97 Å². The van der Waals surface area contributed by atoms with Crippen LogP contribution in [-0.4, -0.2) is 26.3 Å². The first-order valence-corrected chi connectivity index (χ1v) is 3.95. The minimum atomic E-state index is -0.983. The van der Waals surface area contributed by atoms with Crippen molar-refractivity contribution in [2.45, 2.75) is 0 Å². The Hall–Kier alpha value is -2.17. The van der Waals surface area contributed by atoms with Crippen LogP contribution in [0.2, 0.25) is 0 Å². The number of carboxylic acid groups (broad SMARTS) is 1. The van der Waals surface area contributed by atoms with Gasteiger partial charge in [-0.05, 0) is 6.07 Å². The number of hydrogen-bond donors (Lipinski definition) is 2. The van der Waals surface area contributed by atoms with E-state index in [0.29, 0.717) is 0 Å². The van der Waals surface area contributed by atoms with Crippen LogP contribution in [0.15, 0.2) is 30.9 Å². The van der Waals surface area contributed by atoms with Crippen molar-refractivity contribution in [3.8, 4) is 11.1 Å². The fourth-order valence-electron chi connectivity index (χ4n) is 1.12. The highest BCUT2D eigenvalue weighted by Crippen LogP contribution is 2.17. The molecule has 0 aliphatic heterocycles. The van der Waals surface area contributed by atoms with E-state index in [0.717, 1.165) is 11.1 Å². The number of H-pyrrole nitrogens is 1. The highest BCUT2D eigenvalue weighted by atomic mass is 16.4. The summed E-state index contributed by atoms with van der Waals surface area (Å²) in [6.45, 7) is 0. The fraction of sp³-hybridized carbons (Fsp3) is 0. The van der Waals surface area contributed by atoms with Crippen molar-refractivity contribution in [1.82, 2.24) is 15.2 Å². The third-order valence-corrected chi connectivity index (χ3v) is 1.82. The number of aromatic carboxylic acids is 1. The Bertz CT molecular complexity index is 451. The van der Waals surface area contributed by atoms with E-state index in [1.807, 2.05) is 0 Å². The van der Waals surface area contributed by atoms with Crippen LogP contribution in [0.3, 0.4) is 0 Å². The van der Waals surface area contributed by atoms with E-state index in [-0.39, 0.29) is 5.56 Å². The summed E-state index contributed by atoms with van der Waals surface area (Å²) in [5, 5.41) is 15.2. The Morgan fingerprint density at radius 1 is 1.29 bits per heavy atom. The van der Waals surface area contributed by atoms with E-state index >= 15 is 0 Å². The zero-order valence-corrected chi connectivity index (χ0v) is 7.14. The van der Waals surface area contributed by atoms with Crippen LogP contribution >= 0.6 is 0 Å². The Balaban J connectivity index is 2.46. The van der Waals surface area contributed by atoms with Crippen molar-refractivity contribution in [3.05, 3.63) is 36.4 Å². The zero-order valence-electron chi connectivity index (χ0n) is 7.14. The van der Waals surface area contributed by atoms with Crippen LogP contribution in [0.1, 0.15) is 10.4 Å². The molecule has 5 heteroatoms. The molecule has 0 saturated heterocycles. The van der Waals surface area contributed by atoms with Gasteiger partial charge in [-0.3, -0.25) is 10.1 Å². The highest BCUT2D eigenvalue weighted by Gasteiger charge is 2.05. The topological polar surface area (TPSA) is 78.9 Å². The molecule has 5 nitrogen and oxygen atoms in total. The lowest BCUT2D eigenvalue weighted by Crippen LogP contribution is -1.96. The lowest BCUT2D eigenvalue weighted by atomic mass is 10.1. The zero-order chi connectivity index (χ0) is 9.97. The number of rotatable bonds is 2. The first kappa shape index (κ1) is 8.43. The predicted octanol–water partition coefficient (Wildman–Crippen LogP) is 1.17. The molecule has 2 rings (SSSR count). The summed E-state index contributed by atoms with van der Waals surface area (Å²) in [6, 6.07) is 1.56. The van der Waals surface area contributed by atoms with Gasteiger partial charge in [0.1, 0.15) is 0 Å². The molecule has 14 heavy (non-hydrogen) atoms. The molecule has 0 fully saturated rings. The molecule has 0 aliphatic carbocycles. The summed E-state index contributed by atoms with van der Waals surface area (Å²) < 4.78 is 0. The maximum absolute atomic E-state index is 10.7. The molecular weight excluding hydrogens is 182 g/mol. The molecule has 70 valence electrons. The SMILES string of the molecule is O=C(O)c1cncc(-c2cn[nH]c2)c1. The number of hydrogen-bond acceptors (Lipinski definition) is 3. The third kappa shape index (κ3) is 1.47. The average Bonchev–Trinajstić information content (AvgIpc) is 2.71. The van der Waals surface area contributed by atoms with Gasteiger partial charge in [0.25, 0.3) is 0 Å². The van der Waals surface area contributed by atoms with Crippen LogP contribution in [0, 0.1) is 0 Å². The van der Waals surface area contributed by atoms with Crippen LogP contribution in [0.5, 0.6) is 0 Å². The third-order valence-electron chi connectivity index (χ3n) is 1.82. The van der Waals surface area contributed by atoms with Crippen molar-refractivity contribution in [1.29, 1.82) is 0 Å². The quantitative estimate of drug-likeness (QED) is 0.743. The second kappa shape index (κ2) is 3.29. The normalized spacial score (nSPS) is 10.0. The maximum atomic E-state index is 10.7. The molecule has 0 atom stereocenters. The van der Waals surface area contributed by atoms with Crippen LogP contribution in [0.4, 0.5) is 0 Å². The summed E-state index contributed by atoms with van der Waals surface area (Å²) in [6.07, 6.45) is 6.20. The Morgan fingerprint density at radius 3 is 2.79 bits per heavy atom. The number of nitrogens with zero attached hydrogens (tertiary/aromatic N) is 2. The molecule has 0 spiro atoms. The number of aromatic nitrogens is 3. The number of carboxylic acids is 1. The van der Waals surface area contributed by atoms with Gasteiger partial charge in [0.2, 0.25) is 0 Å². The lowest BCUT2D eigenvalue weighted by Gasteiger charge is -1.97. The average molecular weight is 189 g/mol. The highest BCUT2D eigenvalue weighted by molar-refractivity contribution is 5.88. The first-order chi connectivity index (χ1) is 6.77. The molecule has 0 amide bonds. The Kier molecular flexibility index (Phi) is 1.98. The molecule has 2 aromatic rings. The molecule has 0 bridgehead atoms. The second-order valence-corrected chi connectivity index (χ2v) is 2.75. The summed E-state index contributed by atoms with van der Waals surface area (Å²) in [4.78, 5) is 14.5. The van der Waals surface area contributed by atoms with E-state index < -0.39 is 5.97 Å². The standard InChI is InChI=1S/C9H7N3O2/c13-9(14)7-1-6(2-10-3-7)8-4-11-12-5-8/h1-5H,(H,11,12)(H,13,14). The predicted molar refractivity (Wildman–Crippen MR) is 48.8 cm³/mol. The van der Waals surface area contributed by atoms with Gasteiger partial charge in [0.05, 0.1) is 11.8 Å². The van der Waals surface area contributed by atoms with Crippen molar-refractivity contribution in [3.63, 3.8) is 0 Å². The van der Waals surface area contributed by atoms with Gasteiger partial charge in [0.15, 0.2) is 0 Å². The van der Waals surface area contributed by atoms with Gasteiger partial charge >= 0.3 is 5.97 Å². The number of carbonyl (C=O) groups is 1. The van der Waals surface area contributed by atoms with Gasteiger partial charge in [0, 0.05) is 29.7 Å². The largest absolute Gasteiger partial charge is 0.478 e. The van der Waals surface area contributed by atoms with Crippen molar-refractivity contribution in [2.24, 2.45) is 0 Å². The van der Waals surface area contributed by atoms with Crippen molar-refractivity contribution in [2.75, 3.05) is 0 Å². The number of pyridine rings is 1. The molecule has 2 N–H and O–H groups in total. The van der Waals surface area contributed by atoms with E-state index in [9.17, 15) is 4.79 Å². The summed E-state index contributed by atoms with van der Waals surface area (Å²) in [5.41, 5.74) is 1.72. The molecule has 0 aliphatic rings. The van der Waals surface area contributed by atoms with E-state index in [2.05, 4.69) is 15.2 Å². The summed E-state index contributed by atoms with van der Waals surface area (Å²) in [7, 11) is 0. The fourth-order valence-corrected chi connectivity index (χ4v) is 1.12. The van der Waals surface area contributed by atoms with Gasteiger partial charge < -0.3 is 5.11 Å². The summed E-state index contributed by atoms with van der Waals surface area (Å²) in [5.74, 6) is -0.983. The van der Waals surface area contributed by atoms with E-state index in [1.165, 1.54) is 6.20 Å². The molecule has 2 heterocycles. The van der Waals surface area contributed by atoms with Crippen LogP contribution in [0.25, 0.3) is 11.1 Å². The Labute approximate surface area is 79.4 Å². The molecule has 0 radical (unpaired) electrons. The molecular formula is C9H7N3O2. The van der Waals surface area contributed by atoms with E-state index in [4.69, 9.17) is 5.11 Å². The molecule has 0 unspecified atom stereocenters. The summed E-state index contributed by atoms with van der Waals surface area (Å²) >= 11 is 0. The minimum Gasteiger partial charge on any atom is -0.478 e. The van der Waals surface area contributed by atoms with Gasteiger partial charge in [-0.15, -0.1) is 0 Å². The number of nitrogens with one attached hydrogen (secondary N) is 1. The number of aromatic amines is 1. The smallest absolute Gasteiger partial charge is 0.337 e. The van der Waals surface area contributed by atoms with Crippen LogP contribution < -0.4 is 0 Å². The van der Waals surface area contributed by atoms with Gasteiger partial charge in [-0.2, -0.15) is 5.10 Å². The van der Waals surface area contributed by atoms with Gasteiger partial charge in [-0.25, -0.2) is 4.79 Å². The van der Waals surface area contributed by atoms with Gasteiger partial charge in [-0.1, -0.05) is 0 Å².